The molecule has 1 amide bonds. The van der Waals surface area contributed by atoms with Gasteiger partial charge in [-0.25, -0.2) is 4.57 Å². The Balaban J connectivity index is 2.60. The zero-order chi connectivity index (χ0) is 40.2. The fraction of sp³-hybridized carbons (Fsp3) is 0.875. The van der Waals surface area contributed by atoms with E-state index in [4.69, 9.17) is 9.05 Å². The Hall–Kier alpha value is -1.22. The summed E-state index contributed by atoms with van der Waals surface area (Å²) < 4.78 is 22.7. The summed E-state index contributed by atoms with van der Waals surface area (Å²) in [6.07, 6.45) is 17.2. The van der Waals surface area contributed by atoms with Crippen molar-refractivity contribution in [1.82, 2.24) is 5.32 Å². The molecular formula is C40H76NO12P. The summed E-state index contributed by atoms with van der Waals surface area (Å²) in [7, 11) is -5.14. The third-order valence-corrected chi connectivity index (χ3v) is 11.0. The van der Waals surface area contributed by atoms with Gasteiger partial charge in [-0.1, -0.05) is 147 Å². The zero-order valence-corrected chi connectivity index (χ0v) is 34.0. The summed E-state index contributed by atoms with van der Waals surface area (Å²) in [6.45, 7) is 3.66. The van der Waals surface area contributed by atoms with Gasteiger partial charge in [0.25, 0.3) is 0 Å². The van der Waals surface area contributed by atoms with E-state index < -0.39 is 75.2 Å². The van der Waals surface area contributed by atoms with Crippen molar-refractivity contribution in [2.45, 2.75) is 216 Å². The fourth-order valence-electron chi connectivity index (χ4n) is 6.55. The van der Waals surface area contributed by atoms with Crippen molar-refractivity contribution >= 4 is 13.7 Å². The SMILES string of the molecule is CCCCCC/C=C/CC/C=C/C(O)C(COP(=O)(O)OC1C(O)C(O)C(O)C(O)C1O)NC(=O)CC(O)CCCCCCCCCCCCCCCC. The smallest absolute Gasteiger partial charge is 0.393 e. The van der Waals surface area contributed by atoms with E-state index in [9.17, 15) is 50.0 Å². The molecular weight excluding hydrogens is 717 g/mol. The van der Waals surface area contributed by atoms with Gasteiger partial charge in [-0.05, 0) is 32.1 Å². The molecule has 0 saturated heterocycles. The van der Waals surface area contributed by atoms with Crippen molar-refractivity contribution in [3.8, 4) is 0 Å². The van der Waals surface area contributed by atoms with Gasteiger partial charge in [0.2, 0.25) is 5.91 Å². The maximum Gasteiger partial charge on any atom is 0.472 e. The van der Waals surface area contributed by atoms with Crippen LogP contribution in [0, 0.1) is 0 Å². The van der Waals surface area contributed by atoms with E-state index in [2.05, 4.69) is 31.3 Å². The maximum atomic E-state index is 12.9. The van der Waals surface area contributed by atoms with Gasteiger partial charge in [0, 0.05) is 0 Å². The van der Waals surface area contributed by atoms with Crippen LogP contribution in [0.15, 0.2) is 24.3 Å². The molecule has 1 saturated carbocycles. The van der Waals surface area contributed by atoms with Crippen molar-refractivity contribution < 1.29 is 59.0 Å². The number of hydrogen-bond acceptors (Lipinski definition) is 11. The Labute approximate surface area is 324 Å². The minimum absolute atomic E-state index is 0.250. The van der Waals surface area contributed by atoms with Gasteiger partial charge in [-0.3, -0.25) is 13.8 Å². The topological polar surface area (TPSA) is 226 Å². The molecule has 13 nitrogen and oxygen atoms in total. The van der Waals surface area contributed by atoms with E-state index in [1.54, 1.807) is 6.08 Å². The fourth-order valence-corrected chi connectivity index (χ4v) is 7.52. The monoisotopic (exact) mass is 794 g/mol. The van der Waals surface area contributed by atoms with Gasteiger partial charge in [0.05, 0.1) is 31.3 Å². The number of phosphoric acid groups is 1. The molecule has 0 aromatic heterocycles. The molecule has 1 fully saturated rings. The van der Waals surface area contributed by atoms with Crippen LogP contribution in [0.1, 0.15) is 162 Å². The average molecular weight is 794 g/mol. The van der Waals surface area contributed by atoms with Crippen molar-refractivity contribution in [2.24, 2.45) is 0 Å². The van der Waals surface area contributed by atoms with E-state index in [-0.39, 0.29) is 6.42 Å². The molecule has 0 radical (unpaired) electrons. The second-order valence-corrected chi connectivity index (χ2v) is 16.4. The molecule has 0 spiro atoms. The number of allylic oxidation sites excluding steroid dienone is 3. The Morgan fingerprint density at radius 1 is 0.648 bits per heavy atom. The summed E-state index contributed by atoms with van der Waals surface area (Å²) in [4.78, 5) is 23.3. The van der Waals surface area contributed by atoms with Gasteiger partial charge in [0.15, 0.2) is 0 Å². The van der Waals surface area contributed by atoms with E-state index in [0.29, 0.717) is 12.8 Å². The van der Waals surface area contributed by atoms with Gasteiger partial charge in [-0.2, -0.15) is 0 Å². The number of carbonyl (C=O) groups is 1. The Bertz CT molecular complexity index is 1030. The van der Waals surface area contributed by atoms with Crippen LogP contribution in [0.25, 0.3) is 0 Å². The lowest BCUT2D eigenvalue weighted by Crippen LogP contribution is -2.64. The molecule has 1 rings (SSSR count). The predicted octanol–water partition coefficient (Wildman–Crippen LogP) is 5.64. The first-order valence-electron chi connectivity index (χ1n) is 20.9. The number of amides is 1. The molecule has 1 aliphatic rings. The highest BCUT2D eigenvalue weighted by atomic mass is 31.2. The summed E-state index contributed by atoms with van der Waals surface area (Å²) >= 11 is 0. The summed E-state index contributed by atoms with van der Waals surface area (Å²) in [5.41, 5.74) is 0. The molecule has 8 unspecified atom stereocenters. The van der Waals surface area contributed by atoms with Crippen LogP contribution in [-0.2, 0) is 18.4 Å². The van der Waals surface area contributed by atoms with Crippen LogP contribution in [0.5, 0.6) is 0 Å². The van der Waals surface area contributed by atoms with Gasteiger partial charge < -0.3 is 46.0 Å². The van der Waals surface area contributed by atoms with Crippen molar-refractivity contribution in [2.75, 3.05) is 6.61 Å². The Morgan fingerprint density at radius 3 is 1.63 bits per heavy atom. The number of rotatable bonds is 33. The average Bonchev–Trinajstić information content (AvgIpc) is 3.14. The number of aliphatic hydroxyl groups excluding tert-OH is 7. The number of hydrogen-bond donors (Lipinski definition) is 9. The van der Waals surface area contributed by atoms with Crippen molar-refractivity contribution in [3.63, 3.8) is 0 Å². The van der Waals surface area contributed by atoms with Crippen LogP contribution in [0.4, 0.5) is 0 Å². The lowest BCUT2D eigenvalue weighted by Gasteiger charge is -2.41. The molecule has 0 aromatic carbocycles. The molecule has 14 heteroatoms. The normalized spacial score (nSPS) is 24.9. The number of unbranched alkanes of at least 4 members (excludes halogenated alkanes) is 18. The highest BCUT2D eigenvalue weighted by Gasteiger charge is 2.51. The maximum absolute atomic E-state index is 12.9. The molecule has 318 valence electrons. The number of phosphoric ester groups is 1. The van der Waals surface area contributed by atoms with Crippen LogP contribution >= 0.6 is 7.82 Å². The third kappa shape index (κ3) is 23.1. The highest BCUT2D eigenvalue weighted by molar-refractivity contribution is 7.47. The lowest BCUT2D eigenvalue weighted by atomic mass is 9.85. The highest BCUT2D eigenvalue weighted by Crippen LogP contribution is 2.47. The second kappa shape index (κ2) is 30.9. The molecule has 0 aromatic rings. The molecule has 0 heterocycles. The first kappa shape index (κ1) is 50.8. The van der Waals surface area contributed by atoms with Crippen LogP contribution in [0.2, 0.25) is 0 Å². The van der Waals surface area contributed by atoms with E-state index >= 15 is 0 Å². The van der Waals surface area contributed by atoms with Gasteiger partial charge in [0.1, 0.15) is 36.6 Å². The Kier molecular flexibility index (Phi) is 29.0. The summed E-state index contributed by atoms with van der Waals surface area (Å²) in [5, 5.41) is 74.1. The molecule has 0 aliphatic heterocycles. The zero-order valence-electron chi connectivity index (χ0n) is 33.1. The second-order valence-electron chi connectivity index (χ2n) is 15.0. The third-order valence-electron chi connectivity index (χ3n) is 10.0. The largest absolute Gasteiger partial charge is 0.472 e. The van der Waals surface area contributed by atoms with Crippen molar-refractivity contribution in [1.29, 1.82) is 0 Å². The van der Waals surface area contributed by atoms with Crippen LogP contribution in [-0.4, -0.2) is 108 Å². The number of nitrogens with one attached hydrogen (secondary N) is 1. The molecule has 8 atom stereocenters. The quantitative estimate of drug-likeness (QED) is 0.0224. The van der Waals surface area contributed by atoms with Gasteiger partial charge >= 0.3 is 7.82 Å². The molecule has 0 bridgehead atoms. The van der Waals surface area contributed by atoms with Gasteiger partial charge in [-0.15, -0.1) is 0 Å². The summed E-state index contributed by atoms with van der Waals surface area (Å²) in [6, 6.07) is -1.25. The van der Waals surface area contributed by atoms with E-state index in [0.717, 1.165) is 44.9 Å². The van der Waals surface area contributed by atoms with E-state index in [1.807, 2.05) is 0 Å². The minimum Gasteiger partial charge on any atom is -0.393 e. The van der Waals surface area contributed by atoms with Crippen LogP contribution < -0.4 is 5.32 Å². The van der Waals surface area contributed by atoms with E-state index in [1.165, 1.54) is 89.5 Å². The lowest BCUT2D eigenvalue weighted by molar-refractivity contribution is -0.220. The summed E-state index contributed by atoms with van der Waals surface area (Å²) in [5.74, 6) is -0.605. The Morgan fingerprint density at radius 2 is 1.09 bits per heavy atom. The molecule has 54 heavy (non-hydrogen) atoms. The standard InChI is InChI=1S/C40H76NO12P/c1-3-5-7-9-11-13-15-16-17-18-19-21-23-25-27-31(42)29-34(44)41-32(33(43)28-26-24-22-20-14-12-10-8-6-4-2)30-52-54(50,51)53-40-38(48)36(46)35(45)37(47)39(40)49/h14,20,26,28,31-33,35-40,42-43,45-49H,3-13,15-19,21-25,27,29-30H2,1-2H3,(H,41,44)(H,50,51)/b20-14+,28-26+. The molecule has 9 N–H and O–H groups in total. The molecule has 1 aliphatic carbocycles. The van der Waals surface area contributed by atoms with Crippen molar-refractivity contribution in [3.05, 3.63) is 24.3 Å². The minimum atomic E-state index is -5.14. The predicted molar refractivity (Wildman–Crippen MR) is 210 cm³/mol. The number of aliphatic hydroxyl groups is 7. The number of carbonyl (C=O) groups excluding carboxylic acids is 1. The first-order valence-corrected chi connectivity index (χ1v) is 22.4. The van der Waals surface area contributed by atoms with Crippen LogP contribution in [0.3, 0.4) is 0 Å². The first-order chi connectivity index (χ1) is 25.8.